The Bertz CT molecular complexity index is 3620. The van der Waals surface area contributed by atoms with Crippen molar-refractivity contribution < 1.29 is 0 Å². The van der Waals surface area contributed by atoms with Gasteiger partial charge in [0, 0.05) is 32.8 Å². The molecule has 0 N–H and O–H groups in total. The predicted octanol–water partition coefficient (Wildman–Crippen LogP) is 17.2. The number of nitrogens with zero attached hydrogens (tertiary/aromatic N) is 2. The zero-order valence-corrected chi connectivity index (χ0v) is 35.1. The van der Waals surface area contributed by atoms with Crippen LogP contribution < -0.4 is 4.90 Å². The summed E-state index contributed by atoms with van der Waals surface area (Å²) in [5.41, 5.74) is 16.4. The maximum atomic E-state index is 2.48. The lowest BCUT2D eigenvalue weighted by molar-refractivity contribution is 1.18. The van der Waals surface area contributed by atoms with Crippen LogP contribution in [0.25, 0.3) is 93.5 Å². The fraction of sp³-hybridized carbons (Fsp3) is 0. The second-order valence-corrected chi connectivity index (χ2v) is 16.4. The third kappa shape index (κ3) is 6.27. The average Bonchev–Trinajstić information content (AvgIpc) is 3.71. The second-order valence-electron chi connectivity index (χ2n) is 16.4. The molecule has 0 saturated carbocycles. The fourth-order valence-corrected chi connectivity index (χ4v) is 9.95. The van der Waals surface area contributed by atoms with Crippen molar-refractivity contribution in [1.82, 2.24) is 4.57 Å². The lowest BCUT2D eigenvalue weighted by atomic mass is 9.90. The molecule has 0 radical (unpaired) electrons. The molecule has 1 heterocycles. The molecule has 2 nitrogen and oxygen atoms in total. The average molecular weight is 815 g/mol. The van der Waals surface area contributed by atoms with E-state index in [1.165, 1.54) is 76.7 Å². The lowest BCUT2D eigenvalue weighted by Crippen LogP contribution is -2.11. The van der Waals surface area contributed by atoms with Crippen molar-refractivity contribution in [2.75, 3.05) is 4.90 Å². The van der Waals surface area contributed by atoms with Crippen molar-refractivity contribution in [2.24, 2.45) is 0 Å². The molecule has 11 aromatic carbocycles. The van der Waals surface area contributed by atoms with Gasteiger partial charge < -0.3 is 9.47 Å². The van der Waals surface area contributed by atoms with Gasteiger partial charge in [0.2, 0.25) is 0 Å². The van der Waals surface area contributed by atoms with Gasteiger partial charge in [-0.1, -0.05) is 212 Å². The summed E-state index contributed by atoms with van der Waals surface area (Å²) in [5, 5.41) is 7.27. The first kappa shape index (κ1) is 37.3. The SMILES string of the molecule is c1ccc(-c2cc(N(c3cccc4ccccc34)c3ccc(-c4ccccc4-c4ccccc4)c4ccccc34)ccc2-c2ccccc2-n2c3ccccc3c3ccccc32)cc1. The first-order chi connectivity index (χ1) is 31.8. The molecule has 300 valence electrons. The standard InChI is InChI=1S/C62H42N2/c1-3-20-43(21-4-1)47-26-9-10-28-49(47)51-40-41-62(53-30-12-11-29-50(51)53)63(58-37-19-25-44-24-7-8-27-48(44)58)46-38-39-52(57(42-46)45-22-5-2-6-23-45)54-31-13-16-34-59(54)64-60-35-17-14-32-55(60)56-33-15-18-36-61(56)64/h1-42H. The minimum absolute atomic E-state index is 1.08. The summed E-state index contributed by atoms with van der Waals surface area (Å²) in [6, 6.07) is 92.8. The van der Waals surface area contributed by atoms with Gasteiger partial charge in [-0.2, -0.15) is 0 Å². The highest BCUT2D eigenvalue weighted by Crippen LogP contribution is 2.48. The van der Waals surface area contributed by atoms with E-state index in [9.17, 15) is 0 Å². The number of hydrogen-bond acceptors (Lipinski definition) is 1. The number of anilines is 3. The van der Waals surface area contributed by atoms with Gasteiger partial charge in [0.25, 0.3) is 0 Å². The molecule has 0 spiro atoms. The van der Waals surface area contributed by atoms with Gasteiger partial charge in [0.15, 0.2) is 0 Å². The van der Waals surface area contributed by atoms with E-state index in [4.69, 9.17) is 0 Å². The Morgan fingerprint density at radius 2 is 0.750 bits per heavy atom. The van der Waals surface area contributed by atoms with Crippen LogP contribution in [0.3, 0.4) is 0 Å². The second kappa shape index (κ2) is 15.8. The van der Waals surface area contributed by atoms with Crippen LogP contribution in [0.4, 0.5) is 17.1 Å². The smallest absolute Gasteiger partial charge is 0.0541 e. The van der Waals surface area contributed by atoms with Crippen LogP contribution in [-0.2, 0) is 0 Å². The molecular formula is C62H42N2. The van der Waals surface area contributed by atoms with Gasteiger partial charge in [0.05, 0.1) is 28.1 Å². The van der Waals surface area contributed by atoms with Crippen molar-refractivity contribution in [3.8, 4) is 50.2 Å². The highest BCUT2D eigenvalue weighted by molar-refractivity contribution is 6.12. The largest absolute Gasteiger partial charge is 0.309 e. The molecule has 64 heavy (non-hydrogen) atoms. The normalized spacial score (nSPS) is 11.4. The molecule has 1 aromatic heterocycles. The minimum Gasteiger partial charge on any atom is -0.309 e. The van der Waals surface area contributed by atoms with Crippen LogP contribution in [0.2, 0.25) is 0 Å². The minimum atomic E-state index is 1.08. The highest BCUT2D eigenvalue weighted by Gasteiger charge is 2.23. The molecule has 2 heteroatoms. The molecular weight excluding hydrogens is 773 g/mol. The van der Waals surface area contributed by atoms with E-state index in [2.05, 4.69) is 264 Å². The van der Waals surface area contributed by atoms with E-state index in [1.807, 2.05) is 0 Å². The highest BCUT2D eigenvalue weighted by atomic mass is 15.1. The number of fused-ring (bicyclic) bond motifs is 5. The molecule has 0 fully saturated rings. The van der Waals surface area contributed by atoms with E-state index in [1.54, 1.807) is 0 Å². The number of aromatic nitrogens is 1. The molecule has 0 amide bonds. The van der Waals surface area contributed by atoms with E-state index in [0.29, 0.717) is 0 Å². The number of rotatable bonds is 8. The molecule has 0 aliphatic carbocycles. The number of para-hydroxylation sites is 3. The van der Waals surface area contributed by atoms with Crippen LogP contribution in [0, 0.1) is 0 Å². The molecule has 0 unspecified atom stereocenters. The Kier molecular flexibility index (Phi) is 9.20. The summed E-state index contributed by atoms with van der Waals surface area (Å²) in [6.07, 6.45) is 0. The van der Waals surface area contributed by atoms with E-state index < -0.39 is 0 Å². The van der Waals surface area contributed by atoms with Gasteiger partial charge in [-0.25, -0.2) is 0 Å². The van der Waals surface area contributed by atoms with Crippen LogP contribution in [-0.4, -0.2) is 4.57 Å². The van der Waals surface area contributed by atoms with Crippen molar-refractivity contribution >= 4 is 60.4 Å². The first-order valence-electron chi connectivity index (χ1n) is 22.0. The molecule has 12 rings (SSSR count). The first-order valence-corrected chi connectivity index (χ1v) is 22.0. The Labute approximate surface area is 373 Å². The molecule has 0 aliphatic heterocycles. The van der Waals surface area contributed by atoms with Gasteiger partial charge in [0.1, 0.15) is 0 Å². The predicted molar refractivity (Wildman–Crippen MR) is 272 cm³/mol. The summed E-state index contributed by atoms with van der Waals surface area (Å²) in [6.45, 7) is 0. The van der Waals surface area contributed by atoms with Crippen LogP contribution in [0.5, 0.6) is 0 Å². The third-order valence-electron chi connectivity index (χ3n) is 12.8. The topological polar surface area (TPSA) is 8.17 Å². The maximum absolute atomic E-state index is 2.48. The van der Waals surface area contributed by atoms with Gasteiger partial charge >= 0.3 is 0 Å². The summed E-state index contributed by atoms with van der Waals surface area (Å²) in [7, 11) is 0. The Morgan fingerprint density at radius 3 is 1.47 bits per heavy atom. The van der Waals surface area contributed by atoms with E-state index in [-0.39, 0.29) is 0 Å². The Morgan fingerprint density at radius 1 is 0.266 bits per heavy atom. The van der Waals surface area contributed by atoms with Crippen molar-refractivity contribution in [1.29, 1.82) is 0 Å². The summed E-state index contributed by atoms with van der Waals surface area (Å²) in [4.78, 5) is 2.48. The van der Waals surface area contributed by atoms with Crippen LogP contribution in [0.15, 0.2) is 255 Å². The summed E-state index contributed by atoms with van der Waals surface area (Å²) in [5.74, 6) is 0. The number of hydrogen-bond donors (Lipinski definition) is 0. The van der Waals surface area contributed by atoms with Gasteiger partial charge in [-0.15, -0.1) is 0 Å². The van der Waals surface area contributed by atoms with Gasteiger partial charge in [-0.3, -0.25) is 0 Å². The van der Waals surface area contributed by atoms with Crippen molar-refractivity contribution in [2.45, 2.75) is 0 Å². The fourth-order valence-electron chi connectivity index (χ4n) is 9.95. The molecule has 0 atom stereocenters. The monoisotopic (exact) mass is 814 g/mol. The molecule has 12 aromatic rings. The van der Waals surface area contributed by atoms with Crippen molar-refractivity contribution in [3.63, 3.8) is 0 Å². The lowest BCUT2D eigenvalue weighted by Gasteiger charge is -2.30. The van der Waals surface area contributed by atoms with Gasteiger partial charge in [-0.05, 0) is 92.2 Å². The van der Waals surface area contributed by atoms with Crippen LogP contribution >= 0.6 is 0 Å². The zero-order valence-electron chi connectivity index (χ0n) is 35.1. The molecule has 0 bridgehead atoms. The van der Waals surface area contributed by atoms with Crippen molar-refractivity contribution in [3.05, 3.63) is 255 Å². The van der Waals surface area contributed by atoms with E-state index >= 15 is 0 Å². The number of benzene rings is 11. The summed E-state index contributed by atoms with van der Waals surface area (Å²) >= 11 is 0. The molecule has 0 aliphatic rings. The zero-order chi connectivity index (χ0) is 42.4. The third-order valence-corrected chi connectivity index (χ3v) is 12.8. The Balaban J connectivity index is 1.11. The molecule has 0 saturated heterocycles. The van der Waals surface area contributed by atoms with E-state index in [0.717, 1.165) is 33.9 Å². The maximum Gasteiger partial charge on any atom is 0.0541 e. The Hall–Kier alpha value is -8.46. The summed E-state index contributed by atoms with van der Waals surface area (Å²) < 4.78 is 2.44. The van der Waals surface area contributed by atoms with Crippen LogP contribution in [0.1, 0.15) is 0 Å². The quantitative estimate of drug-likeness (QED) is 0.148.